The zero-order valence-electron chi connectivity index (χ0n) is 16.5. The van der Waals surface area contributed by atoms with E-state index in [1.54, 1.807) is 24.3 Å². The number of anilines is 1. The molecule has 2 aromatic rings. The number of aromatic hydroxyl groups is 1. The van der Waals surface area contributed by atoms with Crippen LogP contribution in [0.2, 0.25) is 0 Å². The average Bonchev–Trinajstić information content (AvgIpc) is 3.23. The molecular formula is C21H27N3O4S. The molecule has 1 heterocycles. The highest BCUT2D eigenvalue weighted by Crippen LogP contribution is 2.22. The van der Waals surface area contributed by atoms with E-state index in [1.165, 1.54) is 16.4 Å². The van der Waals surface area contributed by atoms with Crippen molar-refractivity contribution < 1.29 is 18.3 Å². The monoisotopic (exact) mass is 417 g/mol. The van der Waals surface area contributed by atoms with Crippen LogP contribution in [0.4, 0.5) is 10.5 Å². The Labute approximate surface area is 171 Å². The van der Waals surface area contributed by atoms with Gasteiger partial charge in [-0.15, -0.1) is 0 Å². The maximum absolute atomic E-state index is 12.5. The number of carbonyl (C=O) groups is 1. The lowest BCUT2D eigenvalue weighted by Crippen LogP contribution is -2.36. The number of sulfonamides is 1. The van der Waals surface area contributed by atoms with Gasteiger partial charge in [-0.2, -0.15) is 4.31 Å². The van der Waals surface area contributed by atoms with Crippen LogP contribution < -0.4 is 10.6 Å². The van der Waals surface area contributed by atoms with Crippen LogP contribution in [0.3, 0.4) is 0 Å². The Morgan fingerprint density at radius 2 is 1.69 bits per heavy atom. The normalized spacial score (nSPS) is 15.8. The van der Waals surface area contributed by atoms with Gasteiger partial charge in [0.05, 0.1) is 4.90 Å². The van der Waals surface area contributed by atoms with Crippen LogP contribution in [0.1, 0.15) is 31.7 Å². The molecule has 0 aliphatic carbocycles. The van der Waals surface area contributed by atoms with E-state index in [9.17, 15) is 18.3 Å². The van der Waals surface area contributed by atoms with Crippen molar-refractivity contribution in [3.8, 4) is 5.75 Å². The van der Waals surface area contributed by atoms with E-state index >= 15 is 0 Å². The highest BCUT2D eigenvalue weighted by atomic mass is 32.2. The van der Waals surface area contributed by atoms with Crippen LogP contribution in [0.25, 0.3) is 0 Å². The summed E-state index contributed by atoms with van der Waals surface area (Å²) in [5.41, 5.74) is 1.63. The number of phenols is 1. The minimum absolute atomic E-state index is 0.0429. The van der Waals surface area contributed by atoms with Gasteiger partial charge in [-0.3, -0.25) is 0 Å². The first-order chi connectivity index (χ1) is 13.8. The predicted octanol–water partition coefficient (Wildman–Crippen LogP) is 3.32. The lowest BCUT2D eigenvalue weighted by atomic mass is 10.1. The first-order valence-corrected chi connectivity index (χ1v) is 11.2. The fourth-order valence-corrected chi connectivity index (χ4v) is 4.81. The molecule has 1 fully saturated rings. The Morgan fingerprint density at radius 3 is 2.31 bits per heavy atom. The Kier molecular flexibility index (Phi) is 6.76. The molecule has 2 amide bonds. The standard InChI is InChI=1S/C21H27N3O4S/c1-16(4-5-17-6-10-19(25)11-7-17)22-21(26)23-18-8-12-20(13-9-18)29(27,28)24-14-2-3-15-24/h6-13,16,25H,2-5,14-15H2,1H3,(H2,22,23,26)/t16-/m1/s1. The van der Waals surface area contributed by atoms with Crippen LogP contribution >= 0.6 is 0 Å². The van der Waals surface area contributed by atoms with E-state index in [-0.39, 0.29) is 22.7 Å². The topological polar surface area (TPSA) is 98.7 Å². The van der Waals surface area contributed by atoms with Gasteiger partial charge in [0.15, 0.2) is 0 Å². The number of amides is 2. The van der Waals surface area contributed by atoms with Gasteiger partial charge in [-0.25, -0.2) is 13.2 Å². The number of carbonyl (C=O) groups excluding carboxylic acids is 1. The SMILES string of the molecule is C[C@H](CCc1ccc(O)cc1)NC(=O)Nc1ccc(S(=O)(=O)N2CCCC2)cc1. The van der Waals surface area contributed by atoms with E-state index in [2.05, 4.69) is 10.6 Å². The molecule has 3 N–H and O–H groups in total. The van der Waals surface area contributed by atoms with Crippen LogP contribution in [0.5, 0.6) is 5.75 Å². The van der Waals surface area contributed by atoms with Crippen molar-refractivity contribution in [3.63, 3.8) is 0 Å². The largest absolute Gasteiger partial charge is 0.508 e. The lowest BCUT2D eigenvalue weighted by Gasteiger charge is -2.16. The van der Waals surface area contributed by atoms with Crippen LogP contribution in [-0.4, -0.2) is 43.0 Å². The number of aryl methyl sites for hydroxylation is 1. The van der Waals surface area contributed by atoms with Crippen molar-refractivity contribution in [1.82, 2.24) is 9.62 Å². The molecule has 0 saturated carbocycles. The molecule has 0 radical (unpaired) electrons. The number of urea groups is 1. The fraction of sp³-hybridized carbons (Fsp3) is 0.381. The van der Waals surface area contributed by atoms with Crippen molar-refractivity contribution in [3.05, 3.63) is 54.1 Å². The Morgan fingerprint density at radius 1 is 1.07 bits per heavy atom. The zero-order chi connectivity index (χ0) is 20.9. The summed E-state index contributed by atoms with van der Waals surface area (Å²) < 4.78 is 26.6. The summed E-state index contributed by atoms with van der Waals surface area (Å²) in [4.78, 5) is 12.4. The van der Waals surface area contributed by atoms with E-state index in [0.717, 1.165) is 31.2 Å². The van der Waals surface area contributed by atoms with Gasteiger partial charge in [0.25, 0.3) is 0 Å². The summed E-state index contributed by atoms with van der Waals surface area (Å²) in [6, 6.07) is 12.9. The maximum Gasteiger partial charge on any atom is 0.319 e. The average molecular weight is 418 g/mol. The fourth-order valence-electron chi connectivity index (χ4n) is 3.30. The van der Waals surface area contributed by atoms with Gasteiger partial charge in [0.2, 0.25) is 10.0 Å². The summed E-state index contributed by atoms with van der Waals surface area (Å²) in [6.07, 6.45) is 3.32. The van der Waals surface area contributed by atoms with Crippen molar-refractivity contribution in [2.45, 2.75) is 43.5 Å². The summed E-state index contributed by atoms with van der Waals surface area (Å²) >= 11 is 0. The third-order valence-corrected chi connectivity index (χ3v) is 6.91. The number of hydrogen-bond acceptors (Lipinski definition) is 4. The summed E-state index contributed by atoms with van der Waals surface area (Å²) in [5, 5.41) is 14.9. The van der Waals surface area contributed by atoms with Crippen LogP contribution in [0, 0.1) is 0 Å². The smallest absolute Gasteiger partial charge is 0.319 e. The number of hydrogen-bond donors (Lipinski definition) is 3. The molecule has 1 saturated heterocycles. The molecule has 2 aromatic carbocycles. The second-order valence-electron chi connectivity index (χ2n) is 7.34. The van der Waals surface area contributed by atoms with Gasteiger partial charge in [-0.1, -0.05) is 12.1 Å². The molecule has 7 nitrogen and oxygen atoms in total. The first kappa shape index (κ1) is 21.1. The Balaban J connectivity index is 1.49. The molecule has 0 aromatic heterocycles. The van der Waals surface area contributed by atoms with Crippen molar-refractivity contribution >= 4 is 21.7 Å². The second-order valence-corrected chi connectivity index (χ2v) is 9.28. The van der Waals surface area contributed by atoms with E-state index in [1.807, 2.05) is 19.1 Å². The molecule has 1 aliphatic heterocycles. The van der Waals surface area contributed by atoms with Gasteiger partial charge in [-0.05, 0) is 74.6 Å². The third kappa shape index (κ3) is 5.71. The molecule has 0 unspecified atom stereocenters. The molecule has 1 atom stereocenters. The highest BCUT2D eigenvalue weighted by Gasteiger charge is 2.26. The molecule has 0 spiro atoms. The zero-order valence-corrected chi connectivity index (χ0v) is 17.3. The van der Waals surface area contributed by atoms with Gasteiger partial charge >= 0.3 is 6.03 Å². The van der Waals surface area contributed by atoms with Crippen LogP contribution in [0.15, 0.2) is 53.4 Å². The van der Waals surface area contributed by atoms with Gasteiger partial charge in [0.1, 0.15) is 5.75 Å². The molecule has 1 aliphatic rings. The number of benzene rings is 2. The first-order valence-electron chi connectivity index (χ1n) is 9.80. The molecule has 156 valence electrons. The third-order valence-electron chi connectivity index (χ3n) is 4.99. The van der Waals surface area contributed by atoms with Gasteiger partial charge in [0, 0.05) is 24.8 Å². The number of nitrogens with one attached hydrogen (secondary N) is 2. The minimum atomic E-state index is -3.45. The van der Waals surface area contributed by atoms with Crippen molar-refractivity contribution in [2.75, 3.05) is 18.4 Å². The molecule has 3 rings (SSSR count). The quantitative estimate of drug-likeness (QED) is 0.644. The number of rotatable bonds is 7. The summed E-state index contributed by atoms with van der Waals surface area (Å²) in [5.74, 6) is 0.235. The number of phenolic OH excluding ortho intramolecular Hbond substituents is 1. The summed E-state index contributed by atoms with van der Waals surface area (Å²) in [6.45, 7) is 3.05. The van der Waals surface area contributed by atoms with E-state index in [0.29, 0.717) is 18.8 Å². The minimum Gasteiger partial charge on any atom is -0.508 e. The summed E-state index contributed by atoms with van der Waals surface area (Å²) in [7, 11) is -3.45. The highest BCUT2D eigenvalue weighted by molar-refractivity contribution is 7.89. The van der Waals surface area contributed by atoms with E-state index < -0.39 is 10.0 Å². The Bertz CT molecular complexity index is 921. The maximum atomic E-state index is 12.5. The molecule has 29 heavy (non-hydrogen) atoms. The second kappa shape index (κ2) is 9.28. The van der Waals surface area contributed by atoms with Crippen molar-refractivity contribution in [1.29, 1.82) is 0 Å². The molecule has 8 heteroatoms. The molecule has 0 bridgehead atoms. The molecular weight excluding hydrogens is 390 g/mol. The lowest BCUT2D eigenvalue weighted by molar-refractivity contribution is 0.248. The predicted molar refractivity (Wildman–Crippen MR) is 112 cm³/mol. The number of nitrogens with zero attached hydrogens (tertiary/aromatic N) is 1. The van der Waals surface area contributed by atoms with Crippen molar-refractivity contribution in [2.24, 2.45) is 0 Å². The van der Waals surface area contributed by atoms with Gasteiger partial charge < -0.3 is 15.7 Å². The van der Waals surface area contributed by atoms with E-state index in [4.69, 9.17) is 0 Å². The Hall–Kier alpha value is -2.58. The van der Waals surface area contributed by atoms with Crippen LogP contribution in [-0.2, 0) is 16.4 Å².